The van der Waals surface area contributed by atoms with Gasteiger partial charge in [0.25, 0.3) is 0 Å². The van der Waals surface area contributed by atoms with Crippen molar-refractivity contribution >= 4 is 35.1 Å². The summed E-state index contributed by atoms with van der Waals surface area (Å²) in [6, 6.07) is 7.07. The summed E-state index contributed by atoms with van der Waals surface area (Å²) in [7, 11) is 0. The lowest BCUT2D eigenvalue weighted by Crippen LogP contribution is -2.01. The minimum Gasteiger partial charge on any atom is -0.291 e. The van der Waals surface area contributed by atoms with Gasteiger partial charge >= 0.3 is 0 Å². The fourth-order valence-corrected chi connectivity index (χ4v) is 2.50. The van der Waals surface area contributed by atoms with Crippen LogP contribution in [-0.4, -0.2) is 25.1 Å². The normalized spacial score (nSPS) is 10.7. The molecule has 0 saturated heterocycles. The third-order valence-corrected chi connectivity index (χ3v) is 3.43. The second-order valence-corrected chi connectivity index (χ2v) is 5.57. The van der Waals surface area contributed by atoms with Gasteiger partial charge in [-0.1, -0.05) is 23.2 Å². The number of rotatable bonds is 3. The van der Waals surface area contributed by atoms with E-state index in [9.17, 15) is 0 Å². The molecule has 0 unspecified atom stereocenters. The van der Waals surface area contributed by atoms with Crippen molar-refractivity contribution in [1.82, 2.24) is 25.1 Å². The van der Waals surface area contributed by atoms with Crippen molar-refractivity contribution in [2.24, 2.45) is 0 Å². The molecule has 0 fully saturated rings. The standard InChI is InChI=1S/C14H12Cl2N6/c1-7-5-8(2)18-13(17-7)20-14-19-12(21-22-14)10-4-3-9(15)6-11(10)16/h3-6H,1-2H3,(H2,17,18,19,20,21,22). The second kappa shape index (κ2) is 5.90. The van der Waals surface area contributed by atoms with Crippen LogP contribution in [0.3, 0.4) is 0 Å². The Hall–Kier alpha value is -2.18. The highest BCUT2D eigenvalue weighted by molar-refractivity contribution is 6.36. The molecule has 8 heteroatoms. The lowest BCUT2D eigenvalue weighted by atomic mass is 10.2. The predicted molar refractivity (Wildman–Crippen MR) is 86.6 cm³/mol. The molecule has 0 aliphatic carbocycles. The second-order valence-electron chi connectivity index (χ2n) is 4.73. The van der Waals surface area contributed by atoms with E-state index in [-0.39, 0.29) is 0 Å². The van der Waals surface area contributed by atoms with Crippen LogP contribution in [0.5, 0.6) is 0 Å². The third kappa shape index (κ3) is 3.18. The summed E-state index contributed by atoms with van der Waals surface area (Å²) in [5, 5.41) is 10.9. The molecule has 0 radical (unpaired) electrons. The number of hydrogen-bond acceptors (Lipinski definition) is 5. The number of aromatic amines is 1. The number of nitrogens with zero attached hydrogens (tertiary/aromatic N) is 4. The van der Waals surface area contributed by atoms with Gasteiger partial charge < -0.3 is 0 Å². The number of halogens is 2. The van der Waals surface area contributed by atoms with E-state index < -0.39 is 0 Å². The highest BCUT2D eigenvalue weighted by atomic mass is 35.5. The van der Waals surface area contributed by atoms with E-state index in [2.05, 4.69) is 30.5 Å². The molecule has 0 atom stereocenters. The zero-order valence-electron chi connectivity index (χ0n) is 11.9. The van der Waals surface area contributed by atoms with Crippen LogP contribution in [0.2, 0.25) is 10.0 Å². The van der Waals surface area contributed by atoms with Gasteiger partial charge in [0.2, 0.25) is 11.9 Å². The summed E-state index contributed by atoms with van der Waals surface area (Å²) >= 11 is 12.0. The number of aromatic nitrogens is 5. The predicted octanol–water partition coefficient (Wildman–Crippen LogP) is 3.93. The zero-order valence-corrected chi connectivity index (χ0v) is 13.4. The molecular formula is C14H12Cl2N6. The summed E-state index contributed by atoms with van der Waals surface area (Å²) in [5.74, 6) is 1.35. The maximum atomic E-state index is 6.16. The minimum absolute atomic E-state index is 0.367. The lowest BCUT2D eigenvalue weighted by molar-refractivity contribution is 1.04. The van der Waals surface area contributed by atoms with E-state index in [0.29, 0.717) is 33.3 Å². The van der Waals surface area contributed by atoms with Crippen LogP contribution in [-0.2, 0) is 0 Å². The van der Waals surface area contributed by atoms with Crippen molar-refractivity contribution < 1.29 is 0 Å². The summed E-state index contributed by atoms with van der Waals surface area (Å²) in [4.78, 5) is 12.9. The molecule has 0 amide bonds. The highest BCUT2D eigenvalue weighted by Crippen LogP contribution is 2.28. The van der Waals surface area contributed by atoms with Crippen molar-refractivity contribution in [1.29, 1.82) is 0 Å². The Morgan fingerprint density at radius 3 is 2.36 bits per heavy atom. The van der Waals surface area contributed by atoms with Crippen molar-refractivity contribution in [2.75, 3.05) is 5.32 Å². The van der Waals surface area contributed by atoms with Gasteiger partial charge in [-0.3, -0.25) is 10.4 Å². The molecular weight excluding hydrogens is 323 g/mol. The van der Waals surface area contributed by atoms with E-state index in [1.165, 1.54) is 0 Å². The molecule has 6 nitrogen and oxygen atoms in total. The smallest absolute Gasteiger partial charge is 0.249 e. The van der Waals surface area contributed by atoms with Gasteiger partial charge in [0.1, 0.15) is 0 Å². The van der Waals surface area contributed by atoms with Crippen molar-refractivity contribution in [3.8, 4) is 11.4 Å². The Morgan fingerprint density at radius 2 is 1.68 bits per heavy atom. The molecule has 1 aromatic carbocycles. The Bertz CT molecular complexity index is 810. The molecule has 2 N–H and O–H groups in total. The molecule has 2 heterocycles. The van der Waals surface area contributed by atoms with Gasteiger partial charge in [-0.15, -0.1) is 5.10 Å². The van der Waals surface area contributed by atoms with Crippen LogP contribution < -0.4 is 5.32 Å². The molecule has 0 spiro atoms. The van der Waals surface area contributed by atoms with Gasteiger partial charge in [0, 0.05) is 22.0 Å². The van der Waals surface area contributed by atoms with Crippen LogP contribution in [0, 0.1) is 13.8 Å². The fourth-order valence-electron chi connectivity index (χ4n) is 2.00. The van der Waals surface area contributed by atoms with E-state index in [4.69, 9.17) is 23.2 Å². The van der Waals surface area contributed by atoms with Crippen LogP contribution in [0.15, 0.2) is 24.3 Å². The van der Waals surface area contributed by atoms with Gasteiger partial charge in [-0.05, 0) is 38.1 Å². The topological polar surface area (TPSA) is 79.4 Å². The van der Waals surface area contributed by atoms with Crippen molar-refractivity contribution in [2.45, 2.75) is 13.8 Å². The van der Waals surface area contributed by atoms with Gasteiger partial charge in [0.15, 0.2) is 5.82 Å². The summed E-state index contributed by atoms with van der Waals surface area (Å²) in [5.41, 5.74) is 2.45. The van der Waals surface area contributed by atoms with Crippen LogP contribution in [0.25, 0.3) is 11.4 Å². The van der Waals surface area contributed by atoms with Crippen LogP contribution in [0.4, 0.5) is 11.9 Å². The molecule has 3 aromatic rings. The Balaban J connectivity index is 1.87. The maximum Gasteiger partial charge on any atom is 0.249 e. The van der Waals surface area contributed by atoms with Gasteiger partial charge in [-0.2, -0.15) is 4.98 Å². The van der Waals surface area contributed by atoms with E-state index >= 15 is 0 Å². The first-order chi connectivity index (χ1) is 10.5. The average molecular weight is 335 g/mol. The molecule has 0 aliphatic rings. The molecule has 2 aromatic heterocycles. The molecule has 3 rings (SSSR count). The van der Waals surface area contributed by atoms with E-state index in [1.807, 2.05) is 19.9 Å². The Kier molecular flexibility index (Phi) is 3.96. The lowest BCUT2D eigenvalue weighted by Gasteiger charge is -2.02. The highest BCUT2D eigenvalue weighted by Gasteiger charge is 2.11. The maximum absolute atomic E-state index is 6.16. The van der Waals surface area contributed by atoms with Gasteiger partial charge in [-0.25, -0.2) is 9.97 Å². The van der Waals surface area contributed by atoms with Crippen LogP contribution >= 0.6 is 23.2 Å². The van der Waals surface area contributed by atoms with Gasteiger partial charge in [0.05, 0.1) is 5.02 Å². The molecule has 0 aliphatic heterocycles. The first kappa shape index (κ1) is 14.7. The molecule has 0 saturated carbocycles. The summed E-state index contributed by atoms with van der Waals surface area (Å²) in [6.07, 6.45) is 0. The Labute approximate surface area is 136 Å². The molecule has 112 valence electrons. The first-order valence-electron chi connectivity index (χ1n) is 6.48. The summed E-state index contributed by atoms with van der Waals surface area (Å²) < 4.78 is 0. The molecule has 22 heavy (non-hydrogen) atoms. The first-order valence-corrected chi connectivity index (χ1v) is 7.24. The van der Waals surface area contributed by atoms with Crippen LogP contribution in [0.1, 0.15) is 11.4 Å². The number of aryl methyl sites for hydroxylation is 2. The van der Waals surface area contributed by atoms with E-state index in [0.717, 1.165) is 11.4 Å². The SMILES string of the molecule is Cc1cc(C)nc(Nc2n[nH]c(-c3ccc(Cl)cc3Cl)n2)n1. The monoisotopic (exact) mass is 334 g/mol. The number of H-pyrrole nitrogens is 1. The van der Waals surface area contributed by atoms with Crippen molar-refractivity contribution in [3.05, 3.63) is 45.7 Å². The quantitative estimate of drug-likeness (QED) is 0.758. The number of benzene rings is 1. The van der Waals surface area contributed by atoms with Crippen molar-refractivity contribution in [3.63, 3.8) is 0 Å². The minimum atomic E-state index is 0.367. The number of anilines is 2. The largest absolute Gasteiger partial charge is 0.291 e. The number of hydrogen-bond donors (Lipinski definition) is 2. The Morgan fingerprint density at radius 1 is 0.955 bits per heavy atom. The average Bonchev–Trinajstić information content (AvgIpc) is 2.85. The zero-order chi connectivity index (χ0) is 15.7. The van der Waals surface area contributed by atoms with E-state index in [1.54, 1.807) is 18.2 Å². The fraction of sp³-hybridized carbons (Fsp3) is 0.143. The third-order valence-electron chi connectivity index (χ3n) is 2.88. The summed E-state index contributed by atoms with van der Waals surface area (Å²) in [6.45, 7) is 3.80. The number of nitrogens with one attached hydrogen (secondary N) is 2. The molecule has 0 bridgehead atoms.